The molecule has 5 nitrogen and oxygen atoms in total. The number of hydrogen-bond donors (Lipinski definition) is 2. The molecule has 0 saturated carbocycles. The van der Waals surface area contributed by atoms with Crippen LogP contribution in [0.25, 0.3) is 32.8 Å². The highest BCUT2D eigenvalue weighted by atomic mass is 35.5. The number of aromatic nitrogens is 2. The van der Waals surface area contributed by atoms with Crippen molar-refractivity contribution in [2.45, 2.75) is 33.2 Å². The summed E-state index contributed by atoms with van der Waals surface area (Å²) in [5.41, 5.74) is 11.0. The molecule has 0 bridgehead atoms. The number of nitrogens with two attached hydrogens (primary N) is 1. The smallest absolute Gasteiger partial charge is 0.241 e. The molecular formula is C23H28Cl2N4O. The van der Waals surface area contributed by atoms with E-state index >= 15 is 0 Å². The van der Waals surface area contributed by atoms with E-state index in [0.717, 1.165) is 33.1 Å². The number of nitrogens with zero attached hydrogens (tertiary/aromatic N) is 2. The molecule has 1 atom stereocenters. The number of nitrogens with one attached hydrogen (secondary N) is 1. The third kappa shape index (κ3) is 4.10. The van der Waals surface area contributed by atoms with Crippen molar-refractivity contribution in [2.75, 3.05) is 5.32 Å². The number of carbonyl (C=O) groups excluding carboxylic acids is 1. The quantitative estimate of drug-likeness (QED) is 0.443. The Hall–Kier alpha value is -2.34. The van der Waals surface area contributed by atoms with E-state index in [-0.39, 0.29) is 30.7 Å². The van der Waals surface area contributed by atoms with E-state index in [1.165, 1.54) is 10.9 Å². The molecule has 2 heterocycles. The molecule has 0 aliphatic rings. The van der Waals surface area contributed by atoms with Gasteiger partial charge >= 0.3 is 0 Å². The van der Waals surface area contributed by atoms with Crippen LogP contribution in [0.1, 0.15) is 25.8 Å². The van der Waals surface area contributed by atoms with Crippen LogP contribution in [0.15, 0.2) is 42.5 Å². The summed E-state index contributed by atoms with van der Waals surface area (Å²) < 4.78 is 2.14. The number of halogens is 2. The van der Waals surface area contributed by atoms with Crippen LogP contribution in [-0.2, 0) is 11.8 Å². The van der Waals surface area contributed by atoms with Crippen LogP contribution in [0.4, 0.5) is 5.69 Å². The maximum absolute atomic E-state index is 12.4. The van der Waals surface area contributed by atoms with Crippen LogP contribution in [-0.4, -0.2) is 21.5 Å². The number of hydrogen-bond acceptors (Lipinski definition) is 3. The van der Waals surface area contributed by atoms with E-state index in [1.54, 1.807) is 0 Å². The average molecular weight is 447 g/mol. The molecule has 0 spiro atoms. The van der Waals surface area contributed by atoms with Crippen molar-refractivity contribution in [1.82, 2.24) is 9.55 Å². The minimum atomic E-state index is -0.504. The van der Waals surface area contributed by atoms with Gasteiger partial charge in [0.15, 0.2) is 0 Å². The number of carbonyl (C=O) groups is 1. The predicted octanol–water partition coefficient (Wildman–Crippen LogP) is 5.34. The monoisotopic (exact) mass is 446 g/mol. The molecule has 0 unspecified atom stereocenters. The number of anilines is 1. The van der Waals surface area contributed by atoms with Crippen molar-refractivity contribution in [2.24, 2.45) is 18.7 Å². The number of amides is 1. The lowest BCUT2D eigenvalue weighted by Crippen LogP contribution is -2.36. The molecule has 7 heteroatoms. The summed E-state index contributed by atoms with van der Waals surface area (Å²) in [7, 11) is 2.05. The van der Waals surface area contributed by atoms with Crippen molar-refractivity contribution < 1.29 is 4.79 Å². The highest BCUT2D eigenvalue weighted by Gasteiger charge is 2.17. The van der Waals surface area contributed by atoms with Crippen molar-refractivity contribution in [3.05, 3.63) is 48.0 Å². The van der Waals surface area contributed by atoms with Crippen molar-refractivity contribution >= 4 is 69.2 Å². The maximum atomic E-state index is 12.4. The third-order valence-electron chi connectivity index (χ3n) is 5.41. The number of pyridine rings is 1. The standard InChI is InChI=1S/C23H26N4O.2ClH/c1-13(2)11-18(24)23(28)25-15-9-10-19-17(12-15)14(3)21-16-7-5-6-8-20(16)27(4)22(21)26-19;;/h5-10,12-13,18H,11,24H2,1-4H3,(H,25,28);2*1H/t18-;;/m0../s1. The van der Waals surface area contributed by atoms with E-state index in [2.05, 4.69) is 48.9 Å². The molecule has 4 aromatic rings. The van der Waals surface area contributed by atoms with Gasteiger partial charge in [-0.3, -0.25) is 4.79 Å². The molecule has 30 heavy (non-hydrogen) atoms. The van der Waals surface area contributed by atoms with Crippen molar-refractivity contribution in [3.63, 3.8) is 0 Å². The minimum Gasteiger partial charge on any atom is -0.328 e. The van der Waals surface area contributed by atoms with Gasteiger partial charge in [0.05, 0.1) is 17.1 Å². The van der Waals surface area contributed by atoms with Gasteiger partial charge in [0.1, 0.15) is 5.65 Å². The number of benzene rings is 2. The second kappa shape index (κ2) is 9.21. The van der Waals surface area contributed by atoms with Gasteiger partial charge in [0, 0.05) is 28.9 Å². The number of rotatable bonds is 4. The molecule has 2 aromatic carbocycles. The first kappa shape index (κ1) is 23.9. The first-order valence-electron chi connectivity index (χ1n) is 9.70. The SMILES string of the molecule is Cc1c2cc(NC(=O)[C@@H](N)CC(C)C)ccc2nc2c1c1ccccc1n2C.Cl.Cl. The van der Waals surface area contributed by atoms with Gasteiger partial charge in [-0.25, -0.2) is 4.98 Å². The van der Waals surface area contributed by atoms with E-state index in [9.17, 15) is 4.79 Å². The fourth-order valence-corrected chi connectivity index (χ4v) is 3.99. The zero-order valence-corrected chi connectivity index (χ0v) is 19.2. The zero-order chi connectivity index (χ0) is 20.0. The van der Waals surface area contributed by atoms with Crippen LogP contribution in [0.2, 0.25) is 0 Å². The number of fused-ring (bicyclic) bond motifs is 4. The Morgan fingerprint density at radius 1 is 1.13 bits per heavy atom. The summed E-state index contributed by atoms with van der Waals surface area (Å²) in [6, 6.07) is 13.7. The van der Waals surface area contributed by atoms with Crippen LogP contribution >= 0.6 is 24.8 Å². The lowest BCUT2D eigenvalue weighted by Gasteiger charge is -2.15. The van der Waals surface area contributed by atoms with Gasteiger partial charge in [-0.2, -0.15) is 0 Å². The second-order valence-corrected chi connectivity index (χ2v) is 7.97. The lowest BCUT2D eigenvalue weighted by molar-refractivity contribution is -0.117. The van der Waals surface area contributed by atoms with E-state index in [0.29, 0.717) is 12.3 Å². The maximum Gasteiger partial charge on any atom is 0.241 e. The summed E-state index contributed by atoms with van der Waals surface area (Å²) in [6.45, 7) is 6.25. The molecule has 3 N–H and O–H groups in total. The molecule has 2 aromatic heterocycles. The van der Waals surface area contributed by atoms with Crippen LogP contribution in [0.5, 0.6) is 0 Å². The molecule has 1 amide bonds. The Labute approximate surface area is 188 Å². The molecule has 0 aliphatic carbocycles. The first-order chi connectivity index (χ1) is 13.4. The van der Waals surface area contributed by atoms with E-state index in [4.69, 9.17) is 10.7 Å². The van der Waals surface area contributed by atoms with Gasteiger partial charge in [-0.05, 0) is 49.1 Å². The fourth-order valence-electron chi connectivity index (χ4n) is 3.99. The summed E-state index contributed by atoms with van der Waals surface area (Å²) in [5.74, 6) is 0.230. The van der Waals surface area contributed by atoms with Crippen LogP contribution < -0.4 is 11.1 Å². The van der Waals surface area contributed by atoms with E-state index in [1.807, 2.05) is 31.3 Å². The van der Waals surface area contributed by atoms with Gasteiger partial charge in [0.25, 0.3) is 0 Å². The van der Waals surface area contributed by atoms with E-state index < -0.39 is 6.04 Å². The predicted molar refractivity (Wildman–Crippen MR) is 131 cm³/mol. The molecule has 0 aliphatic heterocycles. The summed E-state index contributed by atoms with van der Waals surface area (Å²) in [4.78, 5) is 17.3. The average Bonchev–Trinajstić information content (AvgIpc) is 2.95. The van der Waals surface area contributed by atoms with Crippen molar-refractivity contribution in [3.8, 4) is 0 Å². The molecule has 0 fully saturated rings. The van der Waals surface area contributed by atoms with Gasteiger partial charge < -0.3 is 15.6 Å². The van der Waals surface area contributed by atoms with Crippen molar-refractivity contribution in [1.29, 1.82) is 0 Å². The van der Waals surface area contributed by atoms with Gasteiger partial charge in [0.2, 0.25) is 5.91 Å². The zero-order valence-electron chi connectivity index (χ0n) is 17.6. The molecule has 4 rings (SSSR count). The molecular weight excluding hydrogens is 419 g/mol. The molecule has 160 valence electrons. The molecule has 0 radical (unpaired) electrons. The number of aryl methyl sites for hydroxylation is 2. The summed E-state index contributed by atoms with van der Waals surface area (Å²) in [6.07, 6.45) is 0.663. The Kier molecular flexibility index (Phi) is 7.35. The van der Waals surface area contributed by atoms with Gasteiger partial charge in [-0.15, -0.1) is 24.8 Å². The first-order valence-corrected chi connectivity index (χ1v) is 9.70. The Balaban J connectivity index is 0.00000160. The highest BCUT2D eigenvalue weighted by Crippen LogP contribution is 2.34. The van der Waals surface area contributed by atoms with Crippen LogP contribution in [0.3, 0.4) is 0 Å². The highest BCUT2D eigenvalue weighted by molar-refractivity contribution is 6.13. The fraction of sp³-hybridized carbons (Fsp3) is 0.304. The number of para-hydroxylation sites is 1. The summed E-state index contributed by atoms with van der Waals surface area (Å²) >= 11 is 0. The lowest BCUT2D eigenvalue weighted by atomic mass is 10.0. The second-order valence-electron chi connectivity index (χ2n) is 7.97. The minimum absolute atomic E-state index is 0. The largest absolute Gasteiger partial charge is 0.328 e. The topological polar surface area (TPSA) is 72.9 Å². The molecule has 0 saturated heterocycles. The normalized spacial score (nSPS) is 12.1. The Morgan fingerprint density at radius 3 is 2.53 bits per heavy atom. The third-order valence-corrected chi connectivity index (χ3v) is 5.41. The van der Waals surface area contributed by atoms with Crippen LogP contribution in [0, 0.1) is 12.8 Å². The Morgan fingerprint density at radius 2 is 1.83 bits per heavy atom. The summed E-state index contributed by atoms with van der Waals surface area (Å²) in [5, 5.41) is 6.35. The Bertz CT molecular complexity index is 1220. The van der Waals surface area contributed by atoms with Gasteiger partial charge in [-0.1, -0.05) is 32.0 Å².